The predicted octanol–water partition coefficient (Wildman–Crippen LogP) is 3.90. The Morgan fingerprint density at radius 1 is 1.28 bits per heavy atom. The minimum atomic E-state index is -0.271. The van der Waals surface area contributed by atoms with Crippen molar-refractivity contribution in [3.8, 4) is 5.75 Å². The van der Waals surface area contributed by atoms with E-state index in [4.69, 9.17) is 4.74 Å². The Morgan fingerprint density at radius 3 is 2.96 bits per heavy atom. The third-order valence-electron chi connectivity index (χ3n) is 3.82. The van der Waals surface area contributed by atoms with E-state index >= 15 is 0 Å². The molecule has 0 saturated carbocycles. The van der Waals surface area contributed by atoms with Gasteiger partial charge in [0.2, 0.25) is 0 Å². The van der Waals surface area contributed by atoms with Crippen LogP contribution in [0.5, 0.6) is 5.75 Å². The maximum Gasteiger partial charge on any atom is 0.277 e. The number of aromatic nitrogens is 3. The normalized spacial score (nSPS) is 11.1. The van der Waals surface area contributed by atoms with Crippen LogP contribution in [0.2, 0.25) is 0 Å². The van der Waals surface area contributed by atoms with Gasteiger partial charge in [-0.1, -0.05) is 17.4 Å². The molecule has 1 aromatic carbocycles. The average molecular weight is 352 g/mol. The van der Waals surface area contributed by atoms with Crippen molar-refractivity contribution >= 4 is 38.2 Å². The number of aryl methyl sites for hydroxylation is 1. The van der Waals surface area contributed by atoms with Crippen LogP contribution < -0.4 is 10.1 Å². The molecule has 7 heteroatoms. The number of rotatable bonds is 4. The van der Waals surface area contributed by atoms with Gasteiger partial charge in [0, 0.05) is 11.9 Å². The third kappa shape index (κ3) is 2.94. The van der Waals surface area contributed by atoms with E-state index < -0.39 is 0 Å². The highest BCUT2D eigenvalue weighted by Gasteiger charge is 2.14. The van der Waals surface area contributed by atoms with Crippen LogP contribution in [-0.2, 0) is 0 Å². The zero-order chi connectivity index (χ0) is 17.4. The van der Waals surface area contributed by atoms with Gasteiger partial charge in [-0.05, 0) is 44.2 Å². The number of hydrogen-bond acceptors (Lipinski definition) is 5. The minimum absolute atomic E-state index is 0.271. The first-order chi connectivity index (χ1) is 12.1. The van der Waals surface area contributed by atoms with Crippen LogP contribution in [0.15, 0.2) is 42.6 Å². The molecule has 4 aromatic rings. The Balaban J connectivity index is 1.61. The van der Waals surface area contributed by atoms with E-state index in [2.05, 4.69) is 15.3 Å². The van der Waals surface area contributed by atoms with Crippen LogP contribution in [0.25, 0.3) is 15.9 Å². The molecule has 1 amide bonds. The number of imidazole rings is 1. The van der Waals surface area contributed by atoms with Gasteiger partial charge in [-0.15, -0.1) is 0 Å². The van der Waals surface area contributed by atoms with Gasteiger partial charge in [-0.25, -0.2) is 9.97 Å². The molecule has 4 rings (SSSR count). The summed E-state index contributed by atoms with van der Waals surface area (Å²) in [6.07, 6.45) is 1.74. The molecular weight excluding hydrogens is 336 g/mol. The van der Waals surface area contributed by atoms with E-state index in [1.54, 1.807) is 6.20 Å². The third-order valence-corrected chi connectivity index (χ3v) is 4.75. The number of pyridine rings is 1. The highest BCUT2D eigenvalue weighted by molar-refractivity contribution is 7.22. The van der Waals surface area contributed by atoms with Gasteiger partial charge in [-0.3, -0.25) is 10.1 Å². The number of amides is 1. The van der Waals surface area contributed by atoms with E-state index in [1.807, 2.05) is 54.6 Å². The van der Waals surface area contributed by atoms with Crippen molar-refractivity contribution in [2.75, 3.05) is 11.9 Å². The molecule has 6 nitrogen and oxygen atoms in total. The lowest BCUT2D eigenvalue weighted by atomic mass is 10.3. The number of carbonyl (C=O) groups is 1. The predicted molar refractivity (Wildman–Crippen MR) is 98.7 cm³/mol. The van der Waals surface area contributed by atoms with Crippen molar-refractivity contribution in [3.05, 3.63) is 54.0 Å². The standard InChI is InChI=1S/C18H16N4O2S/c1-3-24-12-7-8-13-15(9-12)25-18(20-13)21-17(23)14-10-22-11(2)5-4-6-16(22)19-14/h4-10H,3H2,1-2H3,(H,20,21,23). The maximum atomic E-state index is 12.5. The number of nitrogens with zero attached hydrogens (tertiary/aromatic N) is 3. The molecule has 0 radical (unpaired) electrons. The summed E-state index contributed by atoms with van der Waals surface area (Å²) in [7, 11) is 0. The Kier molecular flexibility index (Phi) is 3.85. The highest BCUT2D eigenvalue weighted by atomic mass is 32.1. The molecule has 0 saturated heterocycles. The molecule has 25 heavy (non-hydrogen) atoms. The van der Waals surface area contributed by atoms with Gasteiger partial charge in [0.05, 0.1) is 16.8 Å². The summed E-state index contributed by atoms with van der Waals surface area (Å²) < 4.78 is 8.35. The highest BCUT2D eigenvalue weighted by Crippen LogP contribution is 2.29. The van der Waals surface area contributed by atoms with Crippen LogP contribution >= 0.6 is 11.3 Å². The van der Waals surface area contributed by atoms with Crippen LogP contribution in [0.3, 0.4) is 0 Å². The number of benzene rings is 1. The van der Waals surface area contributed by atoms with Crippen LogP contribution in [-0.4, -0.2) is 26.9 Å². The molecule has 3 heterocycles. The number of fused-ring (bicyclic) bond motifs is 2. The Bertz CT molecular complexity index is 1080. The fourth-order valence-electron chi connectivity index (χ4n) is 2.63. The summed E-state index contributed by atoms with van der Waals surface area (Å²) in [5.41, 5.74) is 2.96. The molecule has 0 unspecified atom stereocenters. The second-order valence-corrected chi connectivity index (χ2v) is 6.59. The maximum absolute atomic E-state index is 12.5. The van der Waals surface area contributed by atoms with E-state index in [0.717, 1.165) is 27.3 Å². The monoisotopic (exact) mass is 352 g/mol. The van der Waals surface area contributed by atoms with E-state index in [0.29, 0.717) is 17.4 Å². The zero-order valence-electron chi connectivity index (χ0n) is 13.8. The van der Waals surface area contributed by atoms with Crippen LogP contribution in [0, 0.1) is 6.92 Å². The average Bonchev–Trinajstić information content (AvgIpc) is 3.19. The SMILES string of the molecule is CCOc1ccc2nc(NC(=O)c3cn4c(C)cccc4n3)sc2c1. The van der Waals surface area contributed by atoms with E-state index in [-0.39, 0.29) is 5.91 Å². The van der Waals surface area contributed by atoms with E-state index in [1.165, 1.54) is 11.3 Å². The second kappa shape index (κ2) is 6.18. The molecule has 0 fully saturated rings. The van der Waals surface area contributed by atoms with Crippen molar-refractivity contribution in [1.82, 2.24) is 14.4 Å². The summed E-state index contributed by atoms with van der Waals surface area (Å²) in [6.45, 7) is 4.53. The van der Waals surface area contributed by atoms with Gasteiger partial charge < -0.3 is 9.14 Å². The lowest BCUT2D eigenvalue weighted by molar-refractivity contribution is 0.102. The molecule has 3 aromatic heterocycles. The number of thiazole rings is 1. The first-order valence-corrected chi connectivity index (χ1v) is 8.75. The van der Waals surface area contributed by atoms with Crippen molar-refractivity contribution < 1.29 is 9.53 Å². The number of anilines is 1. The van der Waals surface area contributed by atoms with Crippen molar-refractivity contribution in [2.24, 2.45) is 0 Å². The first kappa shape index (κ1) is 15.6. The van der Waals surface area contributed by atoms with Crippen molar-refractivity contribution in [1.29, 1.82) is 0 Å². The van der Waals surface area contributed by atoms with E-state index in [9.17, 15) is 4.79 Å². The molecule has 0 bridgehead atoms. The number of nitrogens with one attached hydrogen (secondary N) is 1. The Hall–Kier alpha value is -2.93. The van der Waals surface area contributed by atoms with Crippen molar-refractivity contribution in [2.45, 2.75) is 13.8 Å². The summed E-state index contributed by atoms with van der Waals surface area (Å²) in [4.78, 5) is 21.3. The summed E-state index contributed by atoms with van der Waals surface area (Å²) >= 11 is 1.41. The molecule has 0 atom stereocenters. The summed E-state index contributed by atoms with van der Waals surface area (Å²) in [6, 6.07) is 11.5. The second-order valence-electron chi connectivity index (χ2n) is 5.56. The first-order valence-electron chi connectivity index (χ1n) is 7.93. The van der Waals surface area contributed by atoms with Crippen LogP contribution in [0.1, 0.15) is 23.1 Å². The Labute approximate surface area is 148 Å². The molecule has 0 aliphatic heterocycles. The summed E-state index contributed by atoms with van der Waals surface area (Å²) in [5.74, 6) is 0.527. The molecule has 126 valence electrons. The molecule has 0 aliphatic carbocycles. The zero-order valence-corrected chi connectivity index (χ0v) is 14.6. The number of hydrogen-bond donors (Lipinski definition) is 1. The lowest BCUT2D eigenvalue weighted by Gasteiger charge is -2.00. The fourth-order valence-corrected chi connectivity index (χ4v) is 3.52. The fraction of sp³-hybridized carbons (Fsp3) is 0.167. The summed E-state index contributed by atoms with van der Waals surface area (Å²) in [5, 5.41) is 3.38. The molecule has 1 N–H and O–H groups in total. The number of carbonyl (C=O) groups excluding carboxylic acids is 1. The van der Waals surface area contributed by atoms with Gasteiger partial charge in [0.1, 0.15) is 17.1 Å². The topological polar surface area (TPSA) is 68.5 Å². The van der Waals surface area contributed by atoms with Gasteiger partial charge in [-0.2, -0.15) is 0 Å². The van der Waals surface area contributed by atoms with Crippen LogP contribution in [0.4, 0.5) is 5.13 Å². The minimum Gasteiger partial charge on any atom is -0.494 e. The quantitative estimate of drug-likeness (QED) is 0.605. The number of ether oxygens (including phenoxy) is 1. The van der Waals surface area contributed by atoms with Gasteiger partial charge in [0.15, 0.2) is 5.13 Å². The molecular formula is C18H16N4O2S. The molecule has 0 aliphatic rings. The molecule has 0 spiro atoms. The lowest BCUT2D eigenvalue weighted by Crippen LogP contribution is -2.11. The van der Waals surface area contributed by atoms with Gasteiger partial charge in [0.25, 0.3) is 5.91 Å². The smallest absolute Gasteiger partial charge is 0.277 e. The largest absolute Gasteiger partial charge is 0.494 e. The van der Waals surface area contributed by atoms with Crippen molar-refractivity contribution in [3.63, 3.8) is 0 Å². The van der Waals surface area contributed by atoms with Gasteiger partial charge >= 0.3 is 0 Å². The Morgan fingerprint density at radius 2 is 2.16 bits per heavy atom.